The second-order valence-electron chi connectivity index (χ2n) is 5.38. The number of nitrogens with one attached hydrogen (secondary N) is 1. The van der Waals surface area contributed by atoms with E-state index in [0.717, 1.165) is 18.0 Å². The first-order chi connectivity index (χ1) is 9.04. The molecule has 1 heterocycles. The number of hydrogen-bond donors (Lipinski definition) is 1. The van der Waals surface area contributed by atoms with Crippen LogP contribution >= 0.6 is 0 Å². The molecule has 19 heavy (non-hydrogen) atoms. The van der Waals surface area contributed by atoms with Crippen molar-refractivity contribution < 1.29 is 9.53 Å². The Morgan fingerprint density at radius 2 is 2.16 bits per heavy atom. The summed E-state index contributed by atoms with van der Waals surface area (Å²) in [4.78, 5) is 13.2. The van der Waals surface area contributed by atoms with Gasteiger partial charge in [-0.1, -0.05) is 19.9 Å². The molecule has 0 saturated carbocycles. The molecule has 1 aromatic rings. The van der Waals surface area contributed by atoms with E-state index in [2.05, 4.69) is 31.3 Å². The van der Waals surface area contributed by atoms with Crippen LogP contribution in [0.3, 0.4) is 0 Å². The summed E-state index contributed by atoms with van der Waals surface area (Å²) in [6.07, 6.45) is 0. The third-order valence-electron chi connectivity index (χ3n) is 3.73. The van der Waals surface area contributed by atoms with Gasteiger partial charge < -0.3 is 15.0 Å². The molecule has 1 aliphatic rings. The smallest absolute Gasteiger partial charge is 0.264 e. The first-order valence-electron chi connectivity index (χ1n) is 6.72. The Labute approximate surface area is 114 Å². The molecule has 0 radical (unpaired) electrons. The van der Waals surface area contributed by atoms with Crippen LogP contribution in [0.5, 0.6) is 5.75 Å². The number of benzene rings is 1. The number of carbonyl (C=O) groups is 1. The monoisotopic (exact) mass is 262 g/mol. The highest BCUT2D eigenvalue weighted by Crippen LogP contribution is 2.35. The van der Waals surface area contributed by atoms with Crippen molar-refractivity contribution in [2.75, 3.05) is 32.1 Å². The van der Waals surface area contributed by atoms with Crippen molar-refractivity contribution in [3.63, 3.8) is 0 Å². The molecule has 0 bridgehead atoms. The molecule has 4 heteroatoms. The molecule has 0 aromatic heterocycles. The van der Waals surface area contributed by atoms with Crippen LogP contribution in [0.2, 0.25) is 0 Å². The highest BCUT2D eigenvalue weighted by Gasteiger charge is 2.24. The van der Waals surface area contributed by atoms with Gasteiger partial charge in [-0.3, -0.25) is 4.79 Å². The van der Waals surface area contributed by atoms with Gasteiger partial charge in [0.25, 0.3) is 5.91 Å². The molecule has 2 rings (SSSR count). The minimum Gasteiger partial charge on any atom is -0.482 e. The van der Waals surface area contributed by atoms with Gasteiger partial charge in [0.15, 0.2) is 6.61 Å². The molecule has 1 amide bonds. The molecule has 1 atom stereocenters. The maximum Gasteiger partial charge on any atom is 0.264 e. The van der Waals surface area contributed by atoms with Crippen molar-refractivity contribution in [2.24, 2.45) is 5.92 Å². The van der Waals surface area contributed by atoms with Crippen molar-refractivity contribution >= 4 is 11.6 Å². The lowest BCUT2D eigenvalue weighted by molar-refractivity contribution is -0.120. The lowest BCUT2D eigenvalue weighted by Gasteiger charge is -2.28. The molecule has 1 unspecified atom stereocenters. The van der Waals surface area contributed by atoms with E-state index in [4.69, 9.17) is 4.74 Å². The summed E-state index contributed by atoms with van der Waals surface area (Å²) in [6.45, 7) is 5.51. The molecular weight excluding hydrogens is 240 g/mol. The van der Waals surface area contributed by atoms with Crippen LogP contribution < -0.4 is 15.0 Å². The molecule has 0 aliphatic carbocycles. The Balaban J connectivity index is 2.32. The number of likely N-dealkylation sites (N-methyl/N-ethyl adjacent to an activating group) is 2. The van der Waals surface area contributed by atoms with Gasteiger partial charge in [-0.2, -0.15) is 0 Å². The maximum atomic E-state index is 11.6. The standard InChI is InChI=1S/C15H22N2O2/c1-10(2)12(8-16-3)11-5-6-13-14(7-11)19-9-15(18)17(13)4/h5-7,10,12,16H,8-9H2,1-4H3. The van der Waals surface area contributed by atoms with Gasteiger partial charge in [-0.05, 0) is 36.6 Å². The Morgan fingerprint density at radius 1 is 1.42 bits per heavy atom. The van der Waals surface area contributed by atoms with E-state index in [0.29, 0.717) is 11.8 Å². The first-order valence-corrected chi connectivity index (χ1v) is 6.72. The van der Waals surface area contributed by atoms with E-state index in [1.165, 1.54) is 5.56 Å². The fourth-order valence-electron chi connectivity index (χ4n) is 2.48. The third kappa shape index (κ3) is 2.73. The zero-order valence-electron chi connectivity index (χ0n) is 12.1. The predicted octanol–water partition coefficient (Wildman–Crippen LogP) is 2.00. The van der Waals surface area contributed by atoms with Gasteiger partial charge in [0.1, 0.15) is 5.75 Å². The average molecular weight is 262 g/mol. The number of nitrogens with zero attached hydrogens (tertiary/aromatic N) is 1. The molecule has 1 aliphatic heterocycles. The van der Waals surface area contributed by atoms with Gasteiger partial charge in [0.2, 0.25) is 0 Å². The highest BCUT2D eigenvalue weighted by atomic mass is 16.5. The predicted molar refractivity (Wildman–Crippen MR) is 76.9 cm³/mol. The van der Waals surface area contributed by atoms with Crippen LogP contribution in [-0.2, 0) is 4.79 Å². The van der Waals surface area contributed by atoms with E-state index in [1.54, 1.807) is 11.9 Å². The van der Waals surface area contributed by atoms with Gasteiger partial charge in [-0.25, -0.2) is 0 Å². The quantitative estimate of drug-likeness (QED) is 0.902. The van der Waals surface area contributed by atoms with Crippen LogP contribution in [-0.4, -0.2) is 33.2 Å². The normalized spacial score (nSPS) is 16.3. The topological polar surface area (TPSA) is 41.6 Å². The second kappa shape index (κ2) is 5.61. The molecular formula is C15H22N2O2. The van der Waals surface area contributed by atoms with Crippen molar-refractivity contribution in [1.29, 1.82) is 0 Å². The highest BCUT2D eigenvalue weighted by molar-refractivity contribution is 5.97. The third-order valence-corrected chi connectivity index (χ3v) is 3.73. The summed E-state index contributed by atoms with van der Waals surface area (Å²) in [5, 5.41) is 3.24. The maximum absolute atomic E-state index is 11.6. The van der Waals surface area contributed by atoms with E-state index >= 15 is 0 Å². The van der Waals surface area contributed by atoms with Gasteiger partial charge in [0.05, 0.1) is 5.69 Å². The number of carbonyl (C=O) groups excluding carboxylic acids is 1. The Morgan fingerprint density at radius 3 is 2.79 bits per heavy atom. The van der Waals surface area contributed by atoms with Crippen molar-refractivity contribution in [2.45, 2.75) is 19.8 Å². The molecule has 1 N–H and O–H groups in total. The van der Waals surface area contributed by atoms with Gasteiger partial charge in [0, 0.05) is 13.6 Å². The average Bonchev–Trinajstić information content (AvgIpc) is 2.39. The fourth-order valence-corrected chi connectivity index (χ4v) is 2.48. The number of rotatable bonds is 4. The molecule has 0 spiro atoms. The van der Waals surface area contributed by atoms with Crippen LogP contribution in [0, 0.1) is 5.92 Å². The summed E-state index contributed by atoms with van der Waals surface area (Å²) >= 11 is 0. The summed E-state index contributed by atoms with van der Waals surface area (Å²) in [5.41, 5.74) is 2.11. The second-order valence-corrected chi connectivity index (χ2v) is 5.38. The van der Waals surface area contributed by atoms with E-state index in [-0.39, 0.29) is 12.5 Å². The Kier molecular flexibility index (Phi) is 4.10. The number of hydrogen-bond acceptors (Lipinski definition) is 3. The SMILES string of the molecule is CNCC(c1ccc2c(c1)OCC(=O)N2C)C(C)C. The number of anilines is 1. The molecule has 0 fully saturated rings. The van der Waals surface area contributed by atoms with E-state index in [9.17, 15) is 4.79 Å². The van der Waals surface area contributed by atoms with Crippen molar-refractivity contribution in [1.82, 2.24) is 5.32 Å². The lowest BCUT2D eigenvalue weighted by Crippen LogP contribution is -2.35. The lowest BCUT2D eigenvalue weighted by atomic mass is 9.88. The minimum atomic E-state index is -0.00381. The summed E-state index contributed by atoms with van der Waals surface area (Å²) in [7, 11) is 3.76. The summed E-state index contributed by atoms with van der Waals surface area (Å²) < 4.78 is 5.54. The van der Waals surface area contributed by atoms with Crippen LogP contribution in [0.1, 0.15) is 25.3 Å². The minimum absolute atomic E-state index is 0.00381. The number of fused-ring (bicyclic) bond motifs is 1. The molecule has 0 saturated heterocycles. The number of ether oxygens (including phenoxy) is 1. The molecule has 4 nitrogen and oxygen atoms in total. The largest absolute Gasteiger partial charge is 0.482 e. The Hall–Kier alpha value is -1.55. The van der Waals surface area contributed by atoms with Crippen LogP contribution in [0.4, 0.5) is 5.69 Å². The molecule has 1 aromatic carbocycles. The van der Waals surface area contributed by atoms with Crippen LogP contribution in [0.15, 0.2) is 18.2 Å². The summed E-state index contributed by atoms with van der Waals surface area (Å²) in [6, 6.07) is 6.15. The van der Waals surface area contributed by atoms with Gasteiger partial charge in [-0.15, -0.1) is 0 Å². The fraction of sp³-hybridized carbons (Fsp3) is 0.533. The zero-order chi connectivity index (χ0) is 14.0. The molecule has 104 valence electrons. The van der Waals surface area contributed by atoms with Crippen LogP contribution in [0.25, 0.3) is 0 Å². The van der Waals surface area contributed by atoms with E-state index in [1.807, 2.05) is 13.1 Å². The van der Waals surface area contributed by atoms with Crippen molar-refractivity contribution in [3.8, 4) is 5.75 Å². The summed E-state index contributed by atoms with van der Waals surface area (Å²) in [5.74, 6) is 1.80. The number of amides is 1. The first kappa shape index (κ1) is 13.9. The Bertz CT molecular complexity index is 471. The zero-order valence-corrected chi connectivity index (χ0v) is 12.1. The van der Waals surface area contributed by atoms with E-state index < -0.39 is 0 Å². The van der Waals surface area contributed by atoms with Gasteiger partial charge >= 0.3 is 0 Å². The van der Waals surface area contributed by atoms with Crippen molar-refractivity contribution in [3.05, 3.63) is 23.8 Å².